The molecule has 0 aliphatic carbocycles. The Morgan fingerprint density at radius 1 is 1.00 bits per heavy atom. The van der Waals surface area contributed by atoms with Crippen molar-refractivity contribution in [2.75, 3.05) is 0 Å². The van der Waals surface area contributed by atoms with E-state index in [1.165, 1.54) is 12.1 Å². The number of nitrogens with one attached hydrogen (secondary N) is 1. The summed E-state index contributed by atoms with van der Waals surface area (Å²) in [4.78, 5) is 7.82. The second-order valence-corrected chi connectivity index (χ2v) is 5.71. The highest BCUT2D eigenvalue weighted by molar-refractivity contribution is 5.78. The minimum Gasteiger partial charge on any atom is -0.337 e. The largest absolute Gasteiger partial charge is 0.416 e. The Balaban J connectivity index is 2.06. The number of hydrogen-bond acceptors (Lipinski definition) is 1. The first-order valence-electron chi connectivity index (χ1n) is 7.91. The van der Waals surface area contributed by atoms with Crippen LogP contribution in [0.4, 0.5) is 13.2 Å². The highest BCUT2D eigenvalue weighted by atomic mass is 19.4. The van der Waals surface area contributed by atoms with Gasteiger partial charge in [-0.15, -0.1) is 0 Å². The molecule has 1 heterocycles. The molecule has 3 aromatic rings. The number of nitrogens with zero attached hydrogens (tertiary/aromatic N) is 1. The van der Waals surface area contributed by atoms with Crippen LogP contribution >= 0.6 is 0 Å². The lowest BCUT2D eigenvalue weighted by atomic mass is 10.1. The number of benzene rings is 2. The van der Waals surface area contributed by atoms with Gasteiger partial charge in [-0.05, 0) is 24.1 Å². The average molecular weight is 342 g/mol. The first kappa shape index (κ1) is 17.0. The van der Waals surface area contributed by atoms with Crippen molar-refractivity contribution in [3.63, 3.8) is 0 Å². The Kier molecular flexibility index (Phi) is 4.49. The summed E-state index contributed by atoms with van der Waals surface area (Å²) in [5.74, 6) is 0.525. The molecule has 3 rings (SSSR count). The van der Waals surface area contributed by atoms with Gasteiger partial charge in [0.1, 0.15) is 5.82 Å². The van der Waals surface area contributed by atoms with E-state index in [2.05, 4.69) is 16.5 Å². The molecule has 0 atom stereocenters. The van der Waals surface area contributed by atoms with Crippen molar-refractivity contribution in [3.05, 3.63) is 72.4 Å². The second kappa shape index (κ2) is 6.59. The summed E-state index contributed by atoms with van der Waals surface area (Å²) in [6.07, 6.45) is -3.62. The monoisotopic (exact) mass is 342 g/mol. The Morgan fingerprint density at radius 3 is 2.20 bits per heavy atom. The lowest BCUT2D eigenvalue weighted by Crippen LogP contribution is -2.04. The van der Waals surface area contributed by atoms with Crippen LogP contribution in [0, 0.1) is 0 Å². The molecule has 1 N–H and O–H groups in total. The summed E-state index contributed by atoms with van der Waals surface area (Å²) in [5.41, 5.74) is 3.31. The fraction of sp³-hybridized carbons (Fsp3) is 0.150. The molecule has 0 bridgehead atoms. The van der Waals surface area contributed by atoms with Crippen LogP contribution in [-0.2, 0) is 6.18 Å². The van der Waals surface area contributed by atoms with E-state index in [1.54, 1.807) is 0 Å². The smallest absolute Gasteiger partial charge is 0.337 e. The van der Waals surface area contributed by atoms with Gasteiger partial charge in [0.05, 0.1) is 17.0 Å². The first-order chi connectivity index (χ1) is 11.9. The van der Waals surface area contributed by atoms with Crippen molar-refractivity contribution in [3.8, 4) is 22.6 Å². The van der Waals surface area contributed by atoms with Crippen molar-refractivity contribution in [1.29, 1.82) is 0 Å². The molecule has 0 fully saturated rings. The summed E-state index contributed by atoms with van der Waals surface area (Å²) in [7, 11) is 0. The second-order valence-electron chi connectivity index (χ2n) is 5.71. The van der Waals surface area contributed by atoms with Crippen LogP contribution in [0.15, 0.2) is 61.2 Å². The number of aromatic amines is 1. The van der Waals surface area contributed by atoms with E-state index in [-0.39, 0.29) is 0 Å². The third kappa shape index (κ3) is 3.50. The maximum atomic E-state index is 12.7. The molecule has 0 saturated carbocycles. The van der Waals surface area contributed by atoms with Gasteiger partial charge in [-0.1, -0.05) is 56.0 Å². The number of hydrogen-bond donors (Lipinski definition) is 1. The molecular formula is C20H17F3N2. The number of aromatic nitrogens is 2. The maximum Gasteiger partial charge on any atom is 0.416 e. The van der Waals surface area contributed by atoms with Crippen molar-refractivity contribution in [2.45, 2.75) is 19.5 Å². The molecule has 0 radical (unpaired) electrons. The van der Waals surface area contributed by atoms with E-state index in [9.17, 15) is 13.2 Å². The molecule has 0 aliphatic heterocycles. The summed E-state index contributed by atoms with van der Waals surface area (Å²) < 4.78 is 38.2. The predicted octanol–water partition coefficient (Wildman–Crippen LogP) is 6.19. The first-order valence-corrected chi connectivity index (χ1v) is 7.91. The number of rotatable bonds is 4. The molecule has 0 amide bonds. The van der Waals surface area contributed by atoms with Crippen LogP contribution in [0.1, 0.15) is 24.6 Å². The number of halogens is 3. The van der Waals surface area contributed by atoms with Gasteiger partial charge >= 0.3 is 6.18 Å². The third-order valence-electron chi connectivity index (χ3n) is 4.01. The molecular weight excluding hydrogens is 325 g/mol. The number of allylic oxidation sites excluding steroid dienone is 1. The van der Waals surface area contributed by atoms with E-state index in [0.29, 0.717) is 11.4 Å². The molecule has 0 aliphatic rings. The average Bonchev–Trinajstić information content (AvgIpc) is 3.06. The number of imidazole rings is 1. The summed E-state index contributed by atoms with van der Waals surface area (Å²) in [6.45, 7) is 6.04. The molecule has 0 unspecified atom stereocenters. The standard InChI is InChI=1S/C20H17F3N2/c1-3-13(2)17-18(14-7-5-4-6-8-14)25-19(24-17)15-9-11-16(12-10-15)20(21,22)23/h4-12H,2-3H2,1H3,(H,24,25). The van der Waals surface area contributed by atoms with Crippen molar-refractivity contribution in [2.24, 2.45) is 0 Å². The zero-order valence-corrected chi connectivity index (χ0v) is 13.7. The van der Waals surface area contributed by atoms with E-state index >= 15 is 0 Å². The van der Waals surface area contributed by atoms with Gasteiger partial charge in [-0.2, -0.15) is 13.2 Å². The van der Waals surface area contributed by atoms with Crippen LogP contribution in [0.5, 0.6) is 0 Å². The van der Waals surface area contributed by atoms with Crippen LogP contribution in [0.25, 0.3) is 28.2 Å². The topological polar surface area (TPSA) is 28.7 Å². The Labute approximate surface area is 144 Å². The van der Waals surface area contributed by atoms with Crippen molar-refractivity contribution in [1.82, 2.24) is 9.97 Å². The molecule has 0 saturated heterocycles. The minimum atomic E-state index is -4.35. The van der Waals surface area contributed by atoms with Gasteiger partial charge in [0, 0.05) is 11.1 Å². The third-order valence-corrected chi connectivity index (χ3v) is 4.01. The van der Waals surface area contributed by atoms with Gasteiger partial charge in [0.15, 0.2) is 0 Å². The Hall–Kier alpha value is -2.82. The maximum absolute atomic E-state index is 12.7. The molecule has 2 aromatic carbocycles. The lowest BCUT2D eigenvalue weighted by molar-refractivity contribution is -0.137. The SMILES string of the molecule is C=C(CC)c1nc(-c2ccc(C(F)(F)F)cc2)[nH]c1-c1ccccc1. The van der Waals surface area contributed by atoms with E-state index < -0.39 is 11.7 Å². The Bertz CT molecular complexity index is 876. The van der Waals surface area contributed by atoms with Crippen LogP contribution in [0.3, 0.4) is 0 Å². The highest BCUT2D eigenvalue weighted by Gasteiger charge is 2.30. The molecule has 128 valence electrons. The zero-order chi connectivity index (χ0) is 18.0. The quantitative estimate of drug-likeness (QED) is 0.602. The lowest BCUT2D eigenvalue weighted by Gasteiger charge is -2.06. The Morgan fingerprint density at radius 2 is 1.64 bits per heavy atom. The van der Waals surface area contributed by atoms with Crippen LogP contribution in [0.2, 0.25) is 0 Å². The van der Waals surface area contributed by atoms with Crippen LogP contribution < -0.4 is 0 Å². The minimum absolute atomic E-state index is 0.525. The molecule has 25 heavy (non-hydrogen) atoms. The van der Waals surface area contributed by atoms with Gasteiger partial charge in [0.25, 0.3) is 0 Å². The fourth-order valence-electron chi connectivity index (χ4n) is 2.56. The van der Waals surface area contributed by atoms with E-state index in [0.717, 1.165) is 41.1 Å². The predicted molar refractivity (Wildman–Crippen MR) is 93.8 cm³/mol. The highest BCUT2D eigenvalue weighted by Crippen LogP contribution is 2.33. The van der Waals surface area contributed by atoms with E-state index in [1.807, 2.05) is 37.3 Å². The normalized spacial score (nSPS) is 11.5. The summed E-state index contributed by atoms with van der Waals surface area (Å²) >= 11 is 0. The number of H-pyrrole nitrogens is 1. The number of alkyl halides is 3. The summed E-state index contributed by atoms with van der Waals surface area (Å²) in [6, 6.07) is 14.7. The fourth-order valence-corrected chi connectivity index (χ4v) is 2.56. The van der Waals surface area contributed by atoms with Crippen molar-refractivity contribution < 1.29 is 13.2 Å². The van der Waals surface area contributed by atoms with Gasteiger partial charge in [0.2, 0.25) is 0 Å². The van der Waals surface area contributed by atoms with Crippen molar-refractivity contribution >= 4 is 5.57 Å². The van der Waals surface area contributed by atoms with Gasteiger partial charge in [-0.3, -0.25) is 0 Å². The molecule has 5 heteroatoms. The molecule has 0 spiro atoms. The van der Waals surface area contributed by atoms with Gasteiger partial charge in [-0.25, -0.2) is 4.98 Å². The van der Waals surface area contributed by atoms with Gasteiger partial charge < -0.3 is 4.98 Å². The molecule has 1 aromatic heterocycles. The zero-order valence-electron chi connectivity index (χ0n) is 13.7. The summed E-state index contributed by atoms with van der Waals surface area (Å²) in [5, 5.41) is 0. The molecule has 2 nitrogen and oxygen atoms in total. The van der Waals surface area contributed by atoms with E-state index in [4.69, 9.17) is 0 Å². The van der Waals surface area contributed by atoms with Crippen LogP contribution in [-0.4, -0.2) is 9.97 Å².